The lowest BCUT2D eigenvalue weighted by Crippen LogP contribution is -2.44. The van der Waals surface area contributed by atoms with Crippen molar-refractivity contribution in [3.63, 3.8) is 0 Å². The van der Waals surface area contributed by atoms with Gasteiger partial charge >= 0.3 is 0 Å². The Morgan fingerprint density at radius 1 is 1.50 bits per heavy atom. The standard InChI is InChI=1S/C12H23N3O/c1-4-7-15-8-6-14-11(15)9-12(3,13)10-16-5-2/h6,8H,4-5,7,9-10,13H2,1-3H3. The zero-order chi connectivity index (χ0) is 12.0. The maximum absolute atomic E-state index is 6.18. The fourth-order valence-corrected chi connectivity index (χ4v) is 1.70. The molecule has 1 atom stereocenters. The second-order valence-corrected chi connectivity index (χ2v) is 4.50. The lowest BCUT2D eigenvalue weighted by molar-refractivity contribution is 0.100. The van der Waals surface area contributed by atoms with Crippen LogP contribution in [0.2, 0.25) is 0 Å². The molecule has 0 saturated carbocycles. The minimum absolute atomic E-state index is 0.340. The first-order valence-electron chi connectivity index (χ1n) is 5.95. The number of aromatic nitrogens is 2. The van der Waals surface area contributed by atoms with Crippen LogP contribution in [0.1, 0.15) is 33.0 Å². The summed E-state index contributed by atoms with van der Waals surface area (Å²) < 4.78 is 7.55. The molecule has 0 saturated heterocycles. The van der Waals surface area contributed by atoms with Crippen LogP contribution in [0.25, 0.3) is 0 Å². The summed E-state index contributed by atoms with van der Waals surface area (Å²) in [5.41, 5.74) is 5.84. The molecule has 4 heteroatoms. The Morgan fingerprint density at radius 2 is 2.25 bits per heavy atom. The summed E-state index contributed by atoms with van der Waals surface area (Å²) >= 11 is 0. The summed E-state index contributed by atoms with van der Waals surface area (Å²) in [6.07, 6.45) is 5.70. The molecule has 0 aliphatic rings. The van der Waals surface area contributed by atoms with Crippen molar-refractivity contribution >= 4 is 0 Å². The van der Waals surface area contributed by atoms with E-state index in [1.165, 1.54) is 0 Å². The molecule has 16 heavy (non-hydrogen) atoms. The molecular formula is C12H23N3O. The van der Waals surface area contributed by atoms with Crippen molar-refractivity contribution in [3.8, 4) is 0 Å². The first-order chi connectivity index (χ1) is 7.59. The van der Waals surface area contributed by atoms with Crippen molar-refractivity contribution in [2.75, 3.05) is 13.2 Å². The van der Waals surface area contributed by atoms with E-state index in [2.05, 4.69) is 16.5 Å². The average Bonchev–Trinajstić information content (AvgIpc) is 2.63. The molecule has 0 fully saturated rings. The van der Waals surface area contributed by atoms with Gasteiger partial charge in [-0.1, -0.05) is 6.92 Å². The number of nitrogens with zero attached hydrogens (tertiary/aromatic N) is 2. The highest BCUT2D eigenvalue weighted by Gasteiger charge is 2.21. The second-order valence-electron chi connectivity index (χ2n) is 4.50. The van der Waals surface area contributed by atoms with Gasteiger partial charge in [-0.3, -0.25) is 0 Å². The number of imidazole rings is 1. The molecule has 1 aromatic rings. The van der Waals surface area contributed by atoms with E-state index in [1.54, 1.807) is 0 Å². The number of ether oxygens (including phenoxy) is 1. The van der Waals surface area contributed by atoms with Crippen molar-refractivity contribution in [1.82, 2.24) is 9.55 Å². The van der Waals surface area contributed by atoms with Crippen LogP contribution in [-0.2, 0) is 17.7 Å². The smallest absolute Gasteiger partial charge is 0.110 e. The SMILES string of the molecule is CCCn1ccnc1CC(C)(N)COCC. The van der Waals surface area contributed by atoms with Crippen LogP contribution < -0.4 is 5.73 Å². The van der Waals surface area contributed by atoms with Crippen LogP contribution in [0.5, 0.6) is 0 Å². The van der Waals surface area contributed by atoms with Gasteiger partial charge in [-0.25, -0.2) is 4.98 Å². The second kappa shape index (κ2) is 6.01. The molecule has 0 spiro atoms. The lowest BCUT2D eigenvalue weighted by atomic mass is 10.0. The van der Waals surface area contributed by atoms with Crippen molar-refractivity contribution in [2.45, 2.75) is 45.7 Å². The zero-order valence-corrected chi connectivity index (χ0v) is 10.6. The van der Waals surface area contributed by atoms with Gasteiger partial charge in [-0.05, 0) is 20.3 Å². The third-order valence-electron chi connectivity index (χ3n) is 2.46. The Labute approximate surface area is 97.8 Å². The van der Waals surface area contributed by atoms with Gasteiger partial charge in [-0.15, -0.1) is 0 Å². The van der Waals surface area contributed by atoms with Crippen molar-refractivity contribution < 1.29 is 4.74 Å². The van der Waals surface area contributed by atoms with Gasteiger partial charge in [0.15, 0.2) is 0 Å². The molecule has 1 aromatic heterocycles. The van der Waals surface area contributed by atoms with Crippen LogP contribution >= 0.6 is 0 Å². The minimum Gasteiger partial charge on any atom is -0.380 e. The van der Waals surface area contributed by atoms with Gasteiger partial charge in [0.1, 0.15) is 5.82 Å². The highest BCUT2D eigenvalue weighted by atomic mass is 16.5. The topological polar surface area (TPSA) is 53.1 Å². The maximum Gasteiger partial charge on any atom is 0.110 e. The van der Waals surface area contributed by atoms with E-state index in [9.17, 15) is 0 Å². The fourth-order valence-electron chi connectivity index (χ4n) is 1.70. The molecule has 0 aliphatic heterocycles. The molecule has 0 radical (unpaired) electrons. The molecule has 1 rings (SSSR count). The maximum atomic E-state index is 6.18. The van der Waals surface area contributed by atoms with Crippen LogP contribution in [0.4, 0.5) is 0 Å². The third kappa shape index (κ3) is 3.94. The van der Waals surface area contributed by atoms with E-state index < -0.39 is 0 Å². The molecule has 0 aromatic carbocycles. The average molecular weight is 225 g/mol. The summed E-state index contributed by atoms with van der Waals surface area (Å²) in [7, 11) is 0. The highest BCUT2D eigenvalue weighted by molar-refractivity contribution is 4.99. The highest BCUT2D eigenvalue weighted by Crippen LogP contribution is 2.10. The van der Waals surface area contributed by atoms with Crippen molar-refractivity contribution in [2.24, 2.45) is 5.73 Å². The van der Waals surface area contributed by atoms with Crippen LogP contribution in [0.3, 0.4) is 0 Å². The predicted octanol–water partition coefficient (Wildman–Crippen LogP) is 1.59. The molecule has 0 bridgehead atoms. The number of aryl methyl sites for hydroxylation is 1. The Kier molecular flexibility index (Phi) is 4.96. The van der Waals surface area contributed by atoms with Crippen LogP contribution in [0.15, 0.2) is 12.4 Å². The summed E-state index contributed by atoms with van der Waals surface area (Å²) in [4.78, 5) is 4.36. The summed E-state index contributed by atoms with van der Waals surface area (Å²) in [6.45, 7) is 8.42. The van der Waals surface area contributed by atoms with Gasteiger partial charge < -0.3 is 15.0 Å². The largest absolute Gasteiger partial charge is 0.380 e. The minimum atomic E-state index is -0.340. The number of hydrogen-bond donors (Lipinski definition) is 1. The number of hydrogen-bond acceptors (Lipinski definition) is 3. The summed E-state index contributed by atoms with van der Waals surface area (Å²) in [6, 6.07) is 0. The fraction of sp³-hybridized carbons (Fsp3) is 0.750. The van der Waals surface area contributed by atoms with Crippen molar-refractivity contribution in [1.29, 1.82) is 0 Å². The van der Waals surface area contributed by atoms with Gasteiger partial charge in [0.05, 0.1) is 6.61 Å². The van der Waals surface area contributed by atoms with E-state index in [4.69, 9.17) is 10.5 Å². The molecule has 0 amide bonds. The van der Waals surface area contributed by atoms with E-state index >= 15 is 0 Å². The molecule has 2 N–H and O–H groups in total. The summed E-state index contributed by atoms with van der Waals surface area (Å²) in [5.74, 6) is 1.05. The monoisotopic (exact) mass is 225 g/mol. The Morgan fingerprint density at radius 3 is 2.88 bits per heavy atom. The van der Waals surface area contributed by atoms with E-state index in [-0.39, 0.29) is 5.54 Å². The molecule has 1 unspecified atom stereocenters. The van der Waals surface area contributed by atoms with Gasteiger partial charge in [0.2, 0.25) is 0 Å². The Balaban J connectivity index is 2.60. The molecule has 1 heterocycles. The summed E-state index contributed by atoms with van der Waals surface area (Å²) in [5, 5.41) is 0. The normalized spacial score (nSPS) is 15.0. The Bertz CT molecular complexity index is 307. The van der Waals surface area contributed by atoms with E-state index in [1.807, 2.05) is 26.2 Å². The van der Waals surface area contributed by atoms with Crippen LogP contribution in [-0.4, -0.2) is 28.3 Å². The number of rotatable bonds is 7. The predicted molar refractivity (Wildman–Crippen MR) is 65.3 cm³/mol. The first-order valence-corrected chi connectivity index (χ1v) is 5.95. The molecule has 4 nitrogen and oxygen atoms in total. The van der Waals surface area contributed by atoms with Gasteiger partial charge in [0, 0.05) is 37.5 Å². The van der Waals surface area contributed by atoms with Gasteiger partial charge in [0.25, 0.3) is 0 Å². The lowest BCUT2D eigenvalue weighted by Gasteiger charge is -2.24. The third-order valence-corrected chi connectivity index (χ3v) is 2.46. The zero-order valence-electron chi connectivity index (χ0n) is 10.6. The van der Waals surface area contributed by atoms with Gasteiger partial charge in [-0.2, -0.15) is 0 Å². The molecular weight excluding hydrogens is 202 g/mol. The van der Waals surface area contributed by atoms with E-state index in [0.717, 1.165) is 25.2 Å². The molecule has 0 aliphatic carbocycles. The number of nitrogens with two attached hydrogens (primary N) is 1. The van der Waals surface area contributed by atoms with Crippen LogP contribution in [0, 0.1) is 0 Å². The van der Waals surface area contributed by atoms with E-state index in [0.29, 0.717) is 13.2 Å². The van der Waals surface area contributed by atoms with Crippen molar-refractivity contribution in [3.05, 3.63) is 18.2 Å². The quantitative estimate of drug-likeness (QED) is 0.766. The Hall–Kier alpha value is -0.870. The molecule has 92 valence electrons. The first kappa shape index (κ1) is 13.2.